The summed E-state index contributed by atoms with van der Waals surface area (Å²) >= 11 is 7.52. The normalized spacial score (nSPS) is 15.0. The van der Waals surface area contributed by atoms with Crippen LogP contribution in [0.3, 0.4) is 0 Å². The van der Waals surface area contributed by atoms with Crippen LogP contribution in [0.25, 0.3) is 17.1 Å². The van der Waals surface area contributed by atoms with Gasteiger partial charge in [0.05, 0.1) is 0 Å². The molecule has 0 saturated carbocycles. The number of carbonyl (C=O) groups is 2. The lowest BCUT2D eigenvalue weighted by Gasteiger charge is -2.39. The van der Waals surface area contributed by atoms with Crippen molar-refractivity contribution in [3.8, 4) is 22.8 Å². The first-order valence-electron chi connectivity index (χ1n) is 14.5. The monoisotopic (exact) mass is 617 g/mol. The van der Waals surface area contributed by atoms with Crippen molar-refractivity contribution in [3.05, 3.63) is 88.9 Å². The van der Waals surface area contributed by atoms with E-state index in [9.17, 15) is 9.59 Å². The van der Waals surface area contributed by atoms with E-state index in [0.717, 1.165) is 33.5 Å². The molecule has 224 valence electrons. The average molecular weight is 618 g/mol. The maximum Gasteiger partial charge on any atom is 0.260 e. The predicted molar refractivity (Wildman–Crippen MR) is 171 cm³/mol. The highest BCUT2D eigenvalue weighted by atomic mass is 35.5. The zero-order valence-electron chi connectivity index (χ0n) is 24.7. The Bertz CT molecular complexity index is 1560. The van der Waals surface area contributed by atoms with Gasteiger partial charge in [-0.15, -0.1) is 10.2 Å². The Balaban J connectivity index is 1.13. The number of ether oxygens (including phenoxy) is 1. The molecule has 2 heterocycles. The molecule has 1 aromatic heterocycles. The first kappa shape index (κ1) is 30.6. The number of aromatic nitrogens is 3. The summed E-state index contributed by atoms with van der Waals surface area (Å²) < 4.78 is 7.73. The van der Waals surface area contributed by atoms with Crippen molar-refractivity contribution >= 4 is 35.2 Å². The van der Waals surface area contributed by atoms with E-state index in [2.05, 4.69) is 71.1 Å². The molecule has 5 rings (SSSR count). The van der Waals surface area contributed by atoms with E-state index in [4.69, 9.17) is 16.3 Å². The molecular formula is C33H36ClN5O3S. The van der Waals surface area contributed by atoms with Crippen LogP contribution in [0.2, 0.25) is 5.02 Å². The molecule has 0 radical (unpaired) electrons. The molecule has 1 aliphatic heterocycles. The van der Waals surface area contributed by atoms with Gasteiger partial charge in [-0.2, -0.15) is 0 Å². The third-order valence-electron chi connectivity index (χ3n) is 7.45. The molecule has 4 aromatic rings. The van der Waals surface area contributed by atoms with Crippen LogP contribution in [0.4, 0.5) is 0 Å². The summed E-state index contributed by atoms with van der Waals surface area (Å²) in [6, 6.07) is 23.5. The van der Waals surface area contributed by atoms with Gasteiger partial charge in [-0.05, 0) is 69.2 Å². The number of rotatable bonds is 10. The second kappa shape index (κ2) is 14.1. The van der Waals surface area contributed by atoms with E-state index >= 15 is 0 Å². The summed E-state index contributed by atoms with van der Waals surface area (Å²) in [7, 11) is 0. The van der Waals surface area contributed by atoms with Crippen molar-refractivity contribution in [2.75, 3.05) is 32.0 Å². The molecule has 2 amide bonds. The highest BCUT2D eigenvalue weighted by Crippen LogP contribution is 2.29. The molecule has 0 aliphatic carbocycles. The van der Waals surface area contributed by atoms with Crippen molar-refractivity contribution in [2.45, 2.75) is 44.8 Å². The minimum Gasteiger partial charge on any atom is -0.484 e. The topological polar surface area (TPSA) is 80.6 Å². The second-order valence-corrected chi connectivity index (χ2v) is 12.3. The van der Waals surface area contributed by atoms with E-state index in [1.54, 1.807) is 40.9 Å². The highest BCUT2D eigenvalue weighted by molar-refractivity contribution is 7.99. The number of thioether (sulfide) groups is 1. The van der Waals surface area contributed by atoms with E-state index in [-0.39, 0.29) is 24.5 Å². The lowest BCUT2D eigenvalue weighted by atomic mass is 10.1. The van der Waals surface area contributed by atoms with Crippen LogP contribution in [0, 0.1) is 13.8 Å². The number of nitrogens with zero attached hydrogens (tertiary/aromatic N) is 5. The van der Waals surface area contributed by atoms with E-state index in [1.807, 2.05) is 17.9 Å². The predicted octanol–water partition coefficient (Wildman–Crippen LogP) is 6.22. The summed E-state index contributed by atoms with van der Waals surface area (Å²) in [5.41, 5.74) is 4.37. The molecule has 43 heavy (non-hydrogen) atoms. The van der Waals surface area contributed by atoms with Gasteiger partial charge in [0, 0.05) is 54.1 Å². The number of benzene rings is 3. The minimum atomic E-state index is -0.0892. The van der Waals surface area contributed by atoms with Crippen LogP contribution in [0.1, 0.15) is 30.9 Å². The van der Waals surface area contributed by atoms with Crippen LogP contribution in [-0.4, -0.2) is 74.4 Å². The van der Waals surface area contributed by atoms with Crippen molar-refractivity contribution in [1.29, 1.82) is 0 Å². The summed E-state index contributed by atoms with van der Waals surface area (Å²) in [6.07, 6.45) is 1.16. The Morgan fingerprint density at radius 3 is 2.44 bits per heavy atom. The molecule has 1 unspecified atom stereocenters. The average Bonchev–Trinajstić information content (AvgIpc) is 3.43. The summed E-state index contributed by atoms with van der Waals surface area (Å²) in [6.45, 7) is 7.59. The Hall–Kier alpha value is -3.82. The van der Waals surface area contributed by atoms with E-state index in [0.29, 0.717) is 43.2 Å². The van der Waals surface area contributed by atoms with Gasteiger partial charge in [-0.25, -0.2) is 0 Å². The highest BCUT2D eigenvalue weighted by Gasteiger charge is 2.29. The molecule has 1 atom stereocenters. The molecule has 1 saturated heterocycles. The fraction of sp³-hybridized carbons (Fsp3) is 0.333. The Labute approximate surface area is 262 Å². The van der Waals surface area contributed by atoms with E-state index in [1.165, 1.54) is 5.56 Å². The maximum atomic E-state index is 13.1. The molecular weight excluding hydrogens is 582 g/mol. The second-order valence-electron chi connectivity index (χ2n) is 10.8. The lowest BCUT2D eigenvalue weighted by molar-refractivity contribution is -0.143. The third-order valence-corrected chi connectivity index (χ3v) is 8.71. The SMILES string of the molecule is Cc1ccc(-c2nnc(SCCCC(=O)N3CCN(C(=O)COc4ccc(Cl)cc4)C(C)C3)n2-c2cccc(C)c2)cc1. The molecule has 8 nitrogen and oxygen atoms in total. The number of hydrogen-bond acceptors (Lipinski definition) is 6. The summed E-state index contributed by atoms with van der Waals surface area (Å²) in [5.74, 6) is 2.15. The van der Waals surface area contributed by atoms with Crippen molar-refractivity contribution in [2.24, 2.45) is 0 Å². The molecule has 3 aromatic carbocycles. The fourth-order valence-corrected chi connectivity index (χ4v) is 6.13. The Kier molecular flexibility index (Phi) is 10.0. The van der Waals surface area contributed by atoms with Crippen LogP contribution in [0.15, 0.2) is 78.0 Å². The molecule has 10 heteroatoms. The smallest absolute Gasteiger partial charge is 0.260 e. The largest absolute Gasteiger partial charge is 0.484 e. The lowest BCUT2D eigenvalue weighted by Crippen LogP contribution is -2.56. The first-order valence-corrected chi connectivity index (χ1v) is 15.8. The molecule has 0 N–H and O–H groups in total. The number of hydrogen-bond donors (Lipinski definition) is 0. The summed E-state index contributed by atoms with van der Waals surface area (Å²) in [5, 5.41) is 10.5. The summed E-state index contributed by atoms with van der Waals surface area (Å²) in [4.78, 5) is 29.5. The van der Waals surface area contributed by atoms with Gasteiger partial charge < -0.3 is 14.5 Å². The van der Waals surface area contributed by atoms with Crippen LogP contribution in [-0.2, 0) is 9.59 Å². The maximum absolute atomic E-state index is 13.1. The van der Waals surface area contributed by atoms with Gasteiger partial charge in [0.15, 0.2) is 17.6 Å². The number of piperazine rings is 1. The molecule has 1 aliphatic rings. The zero-order chi connectivity index (χ0) is 30.3. The Morgan fingerprint density at radius 2 is 1.72 bits per heavy atom. The number of halogens is 1. The quantitative estimate of drug-likeness (QED) is 0.155. The van der Waals surface area contributed by atoms with Crippen molar-refractivity contribution in [3.63, 3.8) is 0 Å². The number of carbonyl (C=O) groups excluding carboxylic acids is 2. The van der Waals surface area contributed by atoms with Crippen LogP contribution in [0.5, 0.6) is 5.75 Å². The fourth-order valence-electron chi connectivity index (χ4n) is 5.11. The number of aryl methyl sites for hydroxylation is 2. The molecule has 0 spiro atoms. The first-order chi connectivity index (χ1) is 20.8. The number of amides is 2. The van der Waals surface area contributed by atoms with Gasteiger partial charge in [-0.3, -0.25) is 14.2 Å². The van der Waals surface area contributed by atoms with Crippen molar-refractivity contribution in [1.82, 2.24) is 24.6 Å². The van der Waals surface area contributed by atoms with Crippen LogP contribution >= 0.6 is 23.4 Å². The Morgan fingerprint density at radius 1 is 0.953 bits per heavy atom. The van der Waals surface area contributed by atoms with Crippen LogP contribution < -0.4 is 4.74 Å². The van der Waals surface area contributed by atoms with Gasteiger partial charge in [0.1, 0.15) is 5.75 Å². The third kappa shape index (κ3) is 7.77. The molecule has 1 fully saturated rings. The van der Waals surface area contributed by atoms with Crippen molar-refractivity contribution < 1.29 is 14.3 Å². The standard InChI is InChI=1S/C33H36ClN5O3S/c1-23-9-11-26(12-10-23)32-35-36-33(39(32)28-7-4-6-24(2)20-28)43-19-5-8-30(40)37-17-18-38(25(3)21-37)31(41)22-42-29-15-13-27(34)14-16-29/h4,6-7,9-16,20,25H,5,8,17-19,21-22H2,1-3H3. The zero-order valence-corrected chi connectivity index (χ0v) is 26.3. The van der Waals surface area contributed by atoms with Gasteiger partial charge in [-0.1, -0.05) is 65.3 Å². The molecule has 0 bridgehead atoms. The van der Waals surface area contributed by atoms with Gasteiger partial charge in [0.25, 0.3) is 5.91 Å². The van der Waals surface area contributed by atoms with Gasteiger partial charge >= 0.3 is 0 Å². The van der Waals surface area contributed by atoms with E-state index < -0.39 is 0 Å². The minimum absolute atomic E-state index is 0.0457. The van der Waals surface area contributed by atoms with Gasteiger partial charge in [0.2, 0.25) is 5.91 Å².